The van der Waals surface area contributed by atoms with Gasteiger partial charge in [-0.1, -0.05) is 6.42 Å². The molecule has 2 aliphatic rings. The zero-order valence-electron chi connectivity index (χ0n) is 18.9. The molecule has 1 unspecified atom stereocenters. The van der Waals surface area contributed by atoms with Crippen molar-refractivity contribution in [3.05, 3.63) is 53.0 Å². The van der Waals surface area contributed by atoms with Crippen LogP contribution in [-0.2, 0) is 16.6 Å². The van der Waals surface area contributed by atoms with E-state index in [0.29, 0.717) is 35.2 Å². The average Bonchev–Trinajstić information content (AvgIpc) is 3.44. The van der Waals surface area contributed by atoms with Gasteiger partial charge in [-0.05, 0) is 43.5 Å². The SMILES string of the molecule is O=C(CCc1cnc(-c2ccc(NCC3(c4ncccc4F)CCC3)nn2)s1)C1CC(F)(F)CN1. The summed E-state index contributed by atoms with van der Waals surface area (Å²) in [6.45, 7) is 0.0742. The standard InChI is InChI=1S/C24H25F3N6OS/c25-16-3-1-10-28-21(16)23(8-2-9-23)13-31-20-7-5-17(32-33-20)22-29-12-15(35-22)4-6-19(34)18-11-24(26,27)14-30-18/h1,3,5,7,10,12,18,30H,2,4,6,8-9,11,13-14H2,(H,31,33). The number of carbonyl (C=O) groups is 1. The molecule has 1 aliphatic carbocycles. The third-order valence-electron chi connectivity index (χ3n) is 6.73. The van der Waals surface area contributed by atoms with Gasteiger partial charge in [0.1, 0.15) is 28.1 Å². The van der Waals surface area contributed by atoms with Crippen LogP contribution >= 0.6 is 11.3 Å². The summed E-state index contributed by atoms with van der Waals surface area (Å²) in [5.74, 6) is -2.72. The maximum absolute atomic E-state index is 14.3. The number of anilines is 1. The molecule has 7 nitrogen and oxygen atoms in total. The Balaban J connectivity index is 1.16. The summed E-state index contributed by atoms with van der Waals surface area (Å²) >= 11 is 1.40. The van der Waals surface area contributed by atoms with E-state index in [1.807, 2.05) is 6.07 Å². The van der Waals surface area contributed by atoms with Gasteiger partial charge in [-0.25, -0.2) is 18.2 Å². The van der Waals surface area contributed by atoms with E-state index in [0.717, 1.165) is 24.1 Å². The number of hydrogen-bond acceptors (Lipinski definition) is 8. The van der Waals surface area contributed by atoms with Crippen LogP contribution in [-0.4, -0.2) is 51.0 Å². The first-order chi connectivity index (χ1) is 16.8. The third-order valence-corrected chi connectivity index (χ3v) is 7.81. The lowest BCUT2D eigenvalue weighted by Gasteiger charge is -2.41. The van der Waals surface area contributed by atoms with Crippen LogP contribution in [0.4, 0.5) is 19.0 Å². The lowest BCUT2D eigenvalue weighted by atomic mass is 9.66. The molecule has 0 bridgehead atoms. The van der Waals surface area contributed by atoms with E-state index in [9.17, 15) is 18.0 Å². The quantitative estimate of drug-likeness (QED) is 0.454. The molecule has 1 aliphatic heterocycles. The van der Waals surface area contributed by atoms with Crippen molar-refractivity contribution in [1.29, 1.82) is 0 Å². The van der Waals surface area contributed by atoms with Gasteiger partial charge < -0.3 is 10.6 Å². The van der Waals surface area contributed by atoms with Gasteiger partial charge in [0.05, 0.1) is 18.3 Å². The predicted octanol–water partition coefficient (Wildman–Crippen LogP) is 4.17. The van der Waals surface area contributed by atoms with Gasteiger partial charge in [0.25, 0.3) is 5.92 Å². The van der Waals surface area contributed by atoms with Crippen molar-refractivity contribution >= 4 is 22.9 Å². The first-order valence-corrected chi connectivity index (χ1v) is 12.4. The van der Waals surface area contributed by atoms with Crippen molar-refractivity contribution in [2.45, 2.75) is 55.9 Å². The molecule has 0 spiro atoms. The van der Waals surface area contributed by atoms with E-state index in [2.05, 4.69) is 30.8 Å². The summed E-state index contributed by atoms with van der Waals surface area (Å²) in [5, 5.41) is 15.0. The number of ketones is 1. The van der Waals surface area contributed by atoms with Crippen LogP contribution in [0.15, 0.2) is 36.7 Å². The number of Topliss-reactive ketones (excluding diaryl/α,β-unsaturated/α-hetero) is 1. The number of rotatable bonds is 9. The highest BCUT2D eigenvalue weighted by atomic mass is 32.1. The van der Waals surface area contributed by atoms with Crippen LogP contribution in [0, 0.1) is 5.82 Å². The molecular formula is C24H25F3N6OS. The van der Waals surface area contributed by atoms with Gasteiger partial charge >= 0.3 is 0 Å². The monoisotopic (exact) mass is 502 g/mol. The number of carbonyl (C=O) groups excluding carboxylic acids is 1. The van der Waals surface area contributed by atoms with Gasteiger partial charge in [-0.15, -0.1) is 21.5 Å². The smallest absolute Gasteiger partial charge is 0.262 e. The van der Waals surface area contributed by atoms with E-state index in [1.54, 1.807) is 24.5 Å². The second-order valence-corrected chi connectivity index (χ2v) is 10.3. The maximum atomic E-state index is 14.3. The second-order valence-electron chi connectivity index (χ2n) is 9.22. The number of halogens is 3. The van der Waals surface area contributed by atoms with Gasteiger partial charge in [-0.3, -0.25) is 9.78 Å². The van der Waals surface area contributed by atoms with E-state index in [4.69, 9.17) is 0 Å². The predicted molar refractivity (Wildman–Crippen MR) is 126 cm³/mol. The molecule has 3 aromatic heterocycles. The van der Waals surface area contributed by atoms with Crippen molar-refractivity contribution in [2.24, 2.45) is 0 Å². The Hall–Kier alpha value is -2.92. The number of thiazole rings is 1. The molecule has 3 aromatic rings. The largest absolute Gasteiger partial charge is 0.368 e. The topological polar surface area (TPSA) is 92.7 Å². The fourth-order valence-electron chi connectivity index (χ4n) is 4.58. The van der Waals surface area contributed by atoms with Gasteiger partial charge in [0.2, 0.25) is 0 Å². The Morgan fingerprint density at radius 3 is 2.71 bits per heavy atom. The molecule has 35 heavy (non-hydrogen) atoms. The minimum absolute atomic E-state index is 0.183. The molecule has 184 valence electrons. The molecular weight excluding hydrogens is 477 g/mol. The van der Waals surface area contributed by atoms with E-state index in [-0.39, 0.29) is 23.4 Å². The average molecular weight is 503 g/mol. The van der Waals surface area contributed by atoms with E-state index in [1.165, 1.54) is 17.4 Å². The number of nitrogens with one attached hydrogen (secondary N) is 2. The van der Waals surface area contributed by atoms with E-state index >= 15 is 0 Å². The molecule has 5 rings (SSSR count). The minimum Gasteiger partial charge on any atom is -0.368 e. The molecule has 2 N–H and O–H groups in total. The van der Waals surface area contributed by atoms with Crippen molar-refractivity contribution in [1.82, 2.24) is 25.5 Å². The van der Waals surface area contributed by atoms with Crippen LogP contribution < -0.4 is 10.6 Å². The number of aryl methyl sites for hydroxylation is 1. The zero-order chi connectivity index (χ0) is 24.5. The van der Waals surface area contributed by atoms with Crippen LogP contribution in [0.3, 0.4) is 0 Å². The molecule has 0 radical (unpaired) electrons. The van der Waals surface area contributed by atoms with Crippen LogP contribution in [0.1, 0.15) is 42.7 Å². The van der Waals surface area contributed by atoms with E-state index < -0.39 is 24.9 Å². The normalized spacial score (nSPS) is 20.4. The number of pyridine rings is 1. The number of nitrogens with zero attached hydrogens (tertiary/aromatic N) is 4. The van der Waals surface area contributed by atoms with Gasteiger partial charge in [0, 0.05) is 42.1 Å². The molecule has 4 heterocycles. The first kappa shape index (κ1) is 23.8. The summed E-state index contributed by atoms with van der Waals surface area (Å²) in [6, 6.07) is 5.87. The van der Waals surface area contributed by atoms with Gasteiger partial charge in [-0.2, -0.15) is 0 Å². The molecule has 11 heteroatoms. The Bertz CT molecular complexity index is 1200. The Labute approximate surface area is 204 Å². The molecule has 1 saturated carbocycles. The molecule has 0 aromatic carbocycles. The van der Waals surface area contributed by atoms with Crippen molar-refractivity contribution in [3.63, 3.8) is 0 Å². The molecule has 1 atom stereocenters. The fourth-order valence-corrected chi connectivity index (χ4v) is 5.46. The van der Waals surface area contributed by atoms with Crippen LogP contribution in [0.25, 0.3) is 10.7 Å². The lowest BCUT2D eigenvalue weighted by molar-refractivity contribution is -0.121. The number of alkyl halides is 2. The summed E-state index contributed by atoms with van der Waals surface area (Å²) < 4.78 is 40.9. The molecule has 2 fully saturated rings. The summed E-state index contributed by atoms with van der Waals surface area (Å²) in [6.07, 6.45) is 6.25. The van der Waals surface area contributed by atoms with Crippen LogP contribution in [0.2, 0.25) is 0 Å². The number of aromatic nitrogens is 4. The van der Waals surface area contributed by atoms with Crippen molar-refractivity contribution in [2.75, 3.05) is 18.4 Å². The molecule has 1 saturated heterocycles. The highest BCUT2D eigenvalue weighted by Crippen LogP contribution is 2.43. The Morgan fingerprint density at radius 2 is 2.06 bits per heavy atom. The Morgan fingerprint density at radius 1 is 1.20 bits per heavy atom. The summed E-state index contributed by atoms with van der Waals surface area (Å²) in [7, 11) is 0. The minimum atomic E-state index is -2.81. The lowest BCUT2D eigenvalue weighted by Crippen LogP contribution is -2.42. The first-order valence-electron chi connectivity index (χ1n) is 11.6. The second kappa shape index (κ2) is 9.62. The highest BCUT2D eigenvalue weighted by Gasteiger charge is 2.42. The van der Waals surface area contributed by atoms with Crippen molar-refractivity contribution in [3.8, 4) is 10.7 Å². The Kier molecular flexibility index (Phi) is 6.54. The van der Waals surface area contributed by atoms with Crippen molar-refractivity contribution < 1.29 is 18.0 Å². The van der Waals surface area contributed by atoms with Gasteiger partial charge in [0.15, 0.2) is 0 Å². The zero-order valence-corrected chi connectivity index (χ0v) is 19.8. The van der Waals surface area contributed by atoms with Crippen LogP contribution in [0.5, 0.6) is 0 Å². The third kappa shape index (κ3) is 5.20. The highest BCUT2D eigenvalue weighted by molar-refractivity contribution is 7.15. The number of hydrogen-bond donors (Lipinski definition) is 2. The molecule has 0 amide bonds. The maximum Gasteiger partial charge on any atom is 0.262 e. The summed E-state index contributed by atoms with van der Waals surface area (Å²) in [5.41, 5.74) is 0.760. The fraction of sp³-hybridized carbons (Fsp3) is 0.458. The summed E-state index contributed by atoms with van der Waals surface area (Å²) in [4.78, 5) is 21.8.